The molecular formula is C23H27N5O2. The number of nitrogens with zero attached hydrogens (tertiary/aromatic N) is 3. The van der Waals surface area contributed by atoms with Gasteiger partial charge in [0.2, 0.25) is 0 Å². The maximum atomic E-state index is 13.1. The summed E-state index contributed by atoms with van der Waals surface area (Å²) in [5, 5.41) is 2.93. The fraction of sp³-hybridized carbons (Fsp3) is 0.261. The summed E-state index contributed by atoms with van der Waals surface area (Å²) < 4.78 is 6.28. The van der Waals surface area contributed by atoms with Crippen LogP contribution in [-0.4, -0.2) is 42.8 Å². The van der Waals surface area contributed by atoms with Crippen LogP contribution in [0.1, 0.15) is 19.4 Å². The summed E-state index contributed by atoms with van der Waals surface area (Å²) in [6.45, 7) is 8.43. The molecule has 0 unspecified atom stereocenters. The van der Waals surface area contributed by atoms with Crippen molar-refractivity contribution in [2.75, 3.05) is 30.4 Å². The molecule has 0 radical (unpaired) electrons. The van der Waals surface area contributed by atoms with Crippen molar-refractivity contribution in [2.45, 2.75) is 20.0 Å². The average Bonchev–Trinajstić information content (AvgIpc) is 2.74. The van der Waals surface area contributed by atoms with Gasteiger partial charge in [0.1, 0.15) is 17.6 Å². The van der Waals surface area contributed by atoms with Crippen LogP contribution in [0.3, 0.4) is 0 Å². The third-order valence-corrected chi connectivity index (χ3v) is 4.78. The molecule has 0 bridgehead atoms. The lowest BCUT2D eigenvalue weighted by atomic mass is 10.1. The lowest BCUT2D eigenvalue weighted by Gasteiger charge is -2.27. The highest BCUT2D eigenvalue weighted by molar-refractivity contribution is 6.49. The van der Waals surface area contributed by atoms with Crippen molar-refractivity contribution < 1.29 is 9.53 Å². The number of hydrogen-bond acceptors (Lipinski definition) is 6. The molecule has 1 aromatic carbocycles. The Morgan fingerprint density at radius 2 is 2.17 bits per heavy atom. The lowest BCUT2D eigenvalue weighted by Crippen LogP contribution is -2.39. The monoisotopic (exact) mass is 405 g/mol. The summed E-state index contributed by atoms with van der Waals surface area (Å²) in [6.07, 6.45) is 4.87. The Bertz CT molecular complexity index is 1010. The van der Waals surface area contributed by atoms with Crippen molar-refractivity contribution >= 4 is 28.7 Å². The predicted molar refractivity (Wildman–Crippen MR) is 122 cm³/mol. The number of nitrogens with two attached hydrogens (primary N) is 1. The zero-order chi connectivity index (χ0) is 21.7. The number of likely N-dealkylation sites (N-methyl/N-ethyl adjacent to an activating group) is 1. The third kappa shape index (κ3) is 4.58. The molecule has 156 valence electrons. The van der Waals surface area contributed by atoms with Crippen molar-refractivity contribution in [1.82, 2.24) is 4.98 Å². The number of hydrogen-bond donors (Lipinski definition) is 2. The molecule has 7 nitrogen and oxygen atoms in total. The van der Waals surface area contributed by atoms with Crippen LogP contribution in [0.4, 0.5) is 11.4 Å². The number of fused-ring (bicyclic) bond motifs is 2. The van der Waals surface area contributed by atoms with Crippen LogP contribution in [0.15, 0.2) is 65.9 Å². The molecule has 1 amide bonds. The quantitative estimate of drug-likeness (QED) is 0.800. The van der Waals surface area contributed by atoms with Crippen LogP contribution in [0.25, 0.3) is 5.70 Å². The number of nitrogens with one attached hydrogen (secondary N) is 1. The van der Waals surface area contributed by atoms with Gasteiger partial charge in [0.25, 0.3) is 5.91 Å². The Hall–Kier alpha value is -3.45. The highest BCUT2D eigenvalue weighted by Gasteiger charge is 2.21. The van der Waals surface area contributed by atoms with E-state index < -0.39 is 0 Å². The second-order valence-electron chi connectivity index (χ2n) is 7.11. The topological polar surface area (TPSA) is 92.8 Å². The molecule has 0 saturated heterocycles. The number of rotatable bonds is 2. The van der Waals surface area contributed by atoms with Gasteiger partial charge in [-0.1, -0.05) is 24.8 Å². The van der Waals surface area contributed by atoms with Gasteiger partial charge in [-0.15, -0.1) is 0 Å². The molecule has 0 aliphatic carbocycles. The Kier molecular flexibility index (Phi) is 6.64. The van der Waals surface area contributed by atoms with Crippen molar-refractivity contribution in [3.05, 3.63) is 66.5 Å². The largest absolute Gasteiger partial charge is 0.487 e. The van der Waals surface area contributed by atoms with Crippen molar-refractivity contribution in [3.8, 4) is 5.75 Å². The molecule has 2 aromatic rings. The predicted octanol–water partition coefficient (Wildman–Crippen LogP) is 3.25. The van der Waals surface area contributed by atoms with E-state index in [2.05, 4.69) is 21.9 Å². The summed E-state index contributed by atoms with van der Waals surface area (Å²) in [5.41, 5.74) is 9.60. The number of aromatic nitrogens is 1. The standard InChI is InChI=1S/C23H27N5O2/c1-5-18-17-8-6-7-9-21(17)30-16(12-24)14-28(4)20-10-11-25-13-19(20)27-23(29)22(26-18)15(2)3/h5-11,13,16H,2,12,14,24H2,1,3-4H3,(H,27,29)/b18-5-,26-22?/t16-/m0/s1. The van der Waals surface area contributed by atoms with E-state index in [1.54, 1.807) is 19.3 Å². The number of benzene rings is 1. The summed E-state index contributed by atoms with van der Waals surface area (Å²) in [5.74, 6) is 0.311. The summed E-state index contributed by atoms with van der Waals surface area (Å²) >= 11 is 0. The van der Waals surface area contributed by atoms with Gasteiger partial charge in [-0.05, 0) is 37.6 Å². The maximum absolute atomic E-state index is 13.1. The van der Waals surface area contributed by atoms with Crippen molar-refractivity contribution in [2.24, 2.45) is 10.7 Å². The number of carbonyl (C=O) groups is 1. The fourth-order valence-corrected chi connectivity index (χ4v) is 3.26. The van der Waals surface area contributed by atoms with E-state index in [0.717, 1.165) is 11.3 Å². The number of aliphatic imine (C=N–C) groups is 1. The first-order chi connectivity index (χ1) is 14.4. The number of ether oxygens (including phenoxy) is 1. The molecule has 1 aromatic heterocycles. The zero-order valence-corrected chi connectivity index (χ0v) is 17.6. The summed E-state index contributed by atoms with van der Waals surface area (Å²) in [6, 6.07) is 9.45. The van der Waals surface area contributed by atoms with Crippen LogP contribution >= 0.6 is 0 Å². The molecule has 0 saturated carbocycles. The van der Waals surface area contributed by atoms with E-state index in [1.807, 2.05) is 55.3 Å². The normalized spacial score (nSPS) is 18.6. The molecule has 1 aliphatic rings. The maximum Gasteiger partial charge on any atom is 0.274 e. The van der Waals surface area contributed by atoms with Crippen LogP contribution < -0.4 is 20.7 Å². The van der Waals surface area contributed by atoms with E-state index in [9.17, 15) is 4.79 Å². The minimum absolute atomic E-state index is 0.241. The molecule has 7 heteroatoms. The second kappa shape index (κ2) is 9.37. The number of allylic oxidation sites excluding steroid dienone is 1. The van der Waals surface area contributed by atoms with Gasteiger partial charge < -0.3 is 20.7 Å². The van der Waals surface area contributed by atoms with Crippen LogP contribution in [0, 0.1) is 0 Å². The minimum Gasteiger partial charge on any atom is -0.487 e. The number of para-hydroxylation sites is 1. The summed E-state index contributed by atoms with van der Waals surface area (Å²) in [4.78, 5) is 23.9. The van der Waals surface area contributed by atoms with E-state index in [-0.39, 0.29) is 17.7 Å². The van der Waals surface area contributed by atoms with Gasteiger partial charge >= 0.3 is 0 Å². The molecule has 3 N–H and O–H groups in total. The van der Waals surface area contributed by atoms with Crippen LogP contribution in [0.2, 0.25) is 0 Å². The Morgan fingerprint density at radius 1 is 1.40 bits per heavy atom. The Balaban J connectivity index is 2.19. The second-order valence-corrected chi connectivity index (χ2v) is 7.11. The van der Waals surface area contributed by atoms with E-state index >= 15 is 0 Å². The number of pyridine rings is 1. The first kappa shape index (κ1) is 21.3. The average molecular weight is 406 g/mol. The minimum atomic E-state index is -0.350. The SMILES string of the molecule is C=C(C)C1=N/C(=C\C)c2ccccc2O[C@@H](CN)CN(C)c2ccncc2NC1=O. The van der Waals surface area contributed by atoms with Crippen LogP contribution in [0.5, 0.6) is 5.75 Å². The Labute approximate surface area is 177 Å². The first-order valence-corrected chi connectivity index (χ1v) is 9.78. The van der Waals surface area contributed by atoms with Crippen molar-refractivity contribution in [3.63, 3.8) is 0 Å². The molecule has 2 heterocycles. The molecular weight excluding hydrogens is 378 g/mol. The molecule has 0 spiro atoms. The number of carbonyl (C=O) groups excluding carboxylic acids is 1. The van der Waals surface area contributed by atoms with E-state index in [0.29, 0.717) is 35.8 Å². The highest BCUT2D eigenvalue weighted by Crippen LogP contribution is 2.30. The van der Waals surface area contributed by atoms with Gasteiger partial charge in [-0.2, -0.15) is 0 Å². The van der Waals surface area contributed by atoms with Gasteiger partial charge in [0.15, 0.2) is 0 Å². The molecule has 1 atom stereocenters. The molecule has 0 fully saturated rings. The molecule has 30 heavy (non-hydrogen) atoms. The van der Waals surface area contributed by atoms with E-state index in [1.165, 1.54) is 0 Å². The zero-order valence-electron chi connectivity index (χ0n) is 17.6. The fourth-order valence-electron chi connectivity index (χ4n) is 3.26. The van der Waals surface area contributed by atoms with Gasteiger partial charge in [0, 0.05) is 25.4 Å². The summed E-state index contributed by atoms with van der Waals surface area (Å²) in [7, 11) is 1.92. The molecule has 3 rings (SSSR count). The van der Waals surface area contributed by atoms with Gasteiger partial charge in [-0.3, -0.25) is 9.78 Å². The lowest BCUT2D eigenvalue weighted by molar-refractivity contribution is -0.110. The Morgan fingerprint density at radius 3 is 2.87 bits per heavy atom. The third-order valence-electron chi connectivity index (χ3n) is 4.78. The number of amides is 1. The van der Waals surface area contributed by atoms with Crippen molar-refractivity contribution in [1.29, 1.82) is 0 Å². The highest BCUT2D eigenvalue weighted by atomic mass is 16.5. The van der Waals surface area contributed by atoms with Crippen LogP contribution in [-0.2, 0) is 4.79 Å². The first-order valence-electron chi connectivity index (χ1n) is 9.78. The number of anilines is 2. The van der Waals surface area contributed by atoms with Gasteiger partial charge in [-0.25, -0.2) is 4.99 Å². The van der Waals surface area contributed by atoms with E-state index in [4.69, 9.17) is 10.5 Å². The van der Waals surface area contributed by atoms with Gasteiger partial charge in [0.05, 0.1) is 29.8 Å². The molecule has 1 aliphatic heterocycles. The smallest absolute Gasteiger partial charge is 0.274 e.